The monoisotopic (exact) mass is 295 g/mol. The molecule has 0 saturated heterocycles. The standard InChI is InChI=1S/C13H17N3O3S/c1-3-13(4-2,7-17)15-9-5-6-10-11(14-8-20-10)12(9)16(18)19/h5-6,8,15,17H,3-4,7H2,1-2H3. The molecule has 0 saturated carbocycles. The van der Waals surface area contributed by atoms with Crippen LogP contribution in [-0.2, 0) is 0 Å². The number of fused-ring (bicyclic) bond motifs is 1. The van der Waals surface area contributed by atoms with Gasteiger partial charge in [0.1, 0.15) is 5.69 Å². The molecule has 2 N–H and O–H groups in total. The van der Waals surface area contributed by atoms with Crippen LogP contribution in [0.4, 0.5) is 11.4 Å². The summed E-state index contributed by atoms with van der Waals surface area (Å²) in [6.45, 7) is 3.81. The summed E-state index contributed by atoms with van der Waals surface area (Å²) in [5, 5.41) is 24.1. The number of benzene rings is 1. The van der Waals surface area contributed by atoms with Crippen LogP contribution in [0.3, 0.4) is 0 Å². The van der Waals surface area contributed by atoms with E-state index in [0.29, 0.717) is 24.0 Å². The molecule has 1 aromatic carbocycles. The molecule has 1 heterocycles. The molecule has 2 aromatic rings. The molecule has 2 rings (SSSR count). The lowest BCUT2D eigenvalue weighted by molar-refractivity contribution is -0.382. The normalized spacial score (nSPS) is 11.8. The number of anilines is 1. The van der Waals surface area contributed by atoms with Gasteiger partial charge in [0.05, 0.1) is 27.3 Å². The van der Waals surface area contributed by atoms with Crippen molar-refractivity contribution in [3.8, 4) is 0 Å². The summed E-state index contributed by atoms with van der Waals surface area (Å²) >= 11 is 1.37. The third-order valence-corrected chi connectivity index (χ3v) is 4.51. The fourth-order valence-electron chi connectivity index (χ4n) is 2.18. The molecular weight excluding hydrogens is 278 g/mol. The van der Waals surface area contributed by atoms with E-state index in [1.54, 1.807) is 11.6 Å². The summed E-state index contributed by atoms with van der Waals surface area (Å²) in [4.78, 5) is 15.0. The summed E-state index contributed by atoms with van der Waals surface area (Å²) in [6, 6.07) is 3.50. The Hall–Kier alpha value is -1.73. The van der Waals surface area contributed by atoms with Crippen LogP contribution < -0.4 is 5.32 Å². The van der Waals surface area contributed by atoms with Crippen molar-refractivity contribution in [2.75, 3.05) is 11.9 Å². The number of nitrogens with one attached hydrogen (secondary N) is 1. The predicted octanol–water partition coefficient (Wildman–Crippen LogP) is 3.17. The van der Waals surface area contributed by atoms with E-state index in [2.05, 4.69) is 10.3 Å². The molecule has 0 bridgehead atoms. The molecule has 6 nitrogen and oxygen atoms in total. The Morgan fingerprint density at radius 1 is 1.45 bits per heavy atom. The molecule has 7 heteroatoms. The number of nitrogens with zero attached hydrogens (tertiary/aromatic N) is 2. The Balaban J connectivity index is 2.53. The Kier molecular flexibility index (Phi) is 4.20. The van der Waals surface area contributed by atoms with Crippen LogP contribution in [0.2, 0.25) is 0 Å². The van der Waals surface area contributed by atoms with E-state index < -0.39 is 10.5 Å². The molecule has 0 amide bonds. The average Bonchev–Trinajstić information content (AvgIpc) is 2.92. The summed E-state index contributed by atoms with van der Waals surface area (Å²) in [5.41, 5.74) is 1.83. The van der Waals surface area contributed by atoms with Crippen molar-refractivity contribution in [3.63, 3.8) is 0 Å². The zero-order valence-corrected chi connectivity index (χ0v) is 12.2. The Labute approximate surface area is 120 Å². The average molecular weight is 295 g/mol. The SMILES string of the molecule is CCC(CC)(CO)Nc1ccc2scnc2c1[N+](=O)[O-]. The van der Waals surface area contributed by atoms with Gasteiger partial charge in [0.15, 0.2) is 5.52 Å². The smallest absolute Gasteiger partial charge is 0.319 e. The van der Waals surface area contributed by atoms with Crippen molar-refractivity contribution < 1.29 is 10.0 Å². The minimum Gasteiger partial charge on any atom is -0.394 e. The van der Waals surface area contributed by atoms with E-state index >= 15 is 0 Å². The van der Waals surface area contributed by atoms with E-state index in [1.807, 2.05) is 19.9 Å². The largest absolute Gasteiger partial charge is 0.394 e. The molecule has 0 fully saturated rings. The highest BCUT2D eigenvalue weighted by molar-refractivity contribution is 7.16. The van der Waals surface area contributed by atoms with E-state index in [0.717, 1.165) is 4.70 Å². The number of aromatic nitrogens is 1. The van der Waals surface area contributed by atoms with Crippen molar-refractivity contribution in [1.82, 2.24) is 4.98 Å². The van der Waals surface area contributed by atoms with Gasteiger partial charge in [0.25, 0.3) is 0 Å². The van der Waals surface area contributed by atoms with Gasteiger partial charge in [-0.25, -0.2) is 4.98 Å². The van der Waals surface area contributed by atoms with E-state index in [4.69, 9.17) is 0 Å². The van der Waals surface area contributed by atoms with Gasteiger partial charge in [0.2, 0.25) is 0 Å². The van der Waals surface area contributed by atoms with Crippen LogP contribution in [0.25, 0.3) is 10.2 Å². The number of thiazole rings is 1. The molecule has 0 atom stereocenters. The second kappa shape index (κ2) is 5.72. The molecular formula is C13H17N3O3S. The van der Waals surface area contributed by atoms with Gasteiger partial charge in [-0.3, -0.25) is 10.1 Å². The molecule has 0 radical (unpaired) electrons. The van der Waals surface area contributed by atoms with Crippen LogP contribution in [0.5, 0.6) is 0 Å². The minimum atomic E-state index is -0.547. The first-order chi connectivity index (χ1) is 9.56. The fourth-order valence-corrected chi connectivity index (χ4v) is 2.86. The zero-order valence-electron chi connectivity index (χ0n) is 11.4. The first-order valence-electron chi connectivity index (χ1n) is 6.46. The molecule has 108 valence electrons. The van der Waals surface area contributed by atoms with Gasteiger partial charge in [-0.05, 0) is 25.0 Å². The maximum Gasteiger partial charge on any atom is 0.319 e. The van der Waals surface area contributed by atoms with E-state index in [9.17, 15) is 15.2 Å². The van der Waals surface area contributed by atoms with Crippen LogP contribution in [0.1, 0.15) is 26.7 Å². The van der Waals surface area contributed by atoms with Gasteiger partial charge in [-0.15, -0.1) is 11.3 Å². The van der Waals surface area contributed by atoms with Crippen LogP contribution in [-0.4, -0.2) is 27.2 Å². The number of rotatable bonds is 6. The van der Waals surface area contributed by atoms with Crippen molar-refractivity contribution in [2.24, 2.45) is 0 Å². The summed E-state index contributed by atoms with van der Waals surface area (Å²) in [6.07, 6.45) is 1.35. The van der Waals surface area contributed by atoms with Crippen molar-refractivity contribution in [2.45, 2.75) is 32.2 Å². The summed E-state index contributed by atoms with van der Waals surface area (Å²) in [5.74, 6) is 0. The minimum absolute atomic E-state index is 0.0246. The lowest BCUT2D eigenvalue weighted by Gasteiger charge is -2.31. The third kappa shape index (κ3) is 2.46. The van der Waals surface area contributed by atoms with Gasteiger partial charge in [-0.1, -0.05) is 13.8 Å². The number of hydrogen-bond acceptors (Lipinski definition) is 6. The summed E-state index contributed by atoms with van der Waals surface area (Å²) < 4.78 is 0.782. The topological polar surface area (TPSA) is 88.3 Å². The Morgan fingerprint density at radius 3 is 2.70 bits per heavy atom. The first-order valence-corrected chi connectivity index (χ1v) is 7.34. The Morgan fingerprint density at radius 2 is 2.15 bits per heavy atom. The van der Waals surface area contributed by atoms with E-state index in [1.165, 1.54) is 11.3 Å². The van der Waals surface area contributed by atoms with Crippen molar-refractivity contribution >= 4 is 32.9 Å². The fraction of sp³-hybridized carbons (Fsp3) is 0.462. The Bertz CT molecular complexity index is 614. The van der Waals surface area contributed by atoms with E-state index in [-0.39, 0.29) is 12.3 Å². The quantitative estimate of drug-likeness (QED) is 0.631. The number of aliphatic hydroxyl groups is 1. The molecule has 0 aliphatic carbocycles. The van der Waals surface area contributed by atoms with Gasteiger partial charge < -0.3 is 10.4 Å². The molecule has 0 aliphatic heterocycles. The number of hydrogen-bond donors (Lipinski definition) is 2. The van der Waals surface area contributed by atoms with Crippen LogP contribution >= 0.6 is 11.3 Å². The highest BCUT2D eigenvalue weighted by atomic mass is 32.1. The second-order valence-corrected chi connectivity index (χ2v) is 5.57. The number of nitro benzene ring substituents is 1. The van der Waals surface area contributed by atoms with Gasteiger partial charge in [-0.2, -0.15) is 0 Å². The maximum atomic E-state index is 11.4. The van der Waals surface area contributed by atoms with Crippen LogP contribution in [0, 0.1) is 10.1 Å². The molecule has 0 spiro atoms. The second-order valence-electron chi connectivity index (χ2n) is 4.69. The van der Waals surface area contributed by atoms with Crippen molar-refractivity contribution in [1.29, 1.82) is 0 Å². The number of aliphatic hydroxyl groups excluding tert-OH is 1. The molecule has 1 aromatic heterocycles. The molecule has 0 unspecified atom stereocenters. The highest BCUT2D eigenvalue weighted by Crippen LogP contribution is 2.36. The zero-order chi connectivity index (χ0) is 14.8. The highest BCUT2D eigenvalue weighted by Gasteiger charge is 2.29. The summed E-state index contributed by atoms with van der Waals surface area (Å²) in [7, 11) is 0. The lowest BCUT2D eigenvalue weighted by Crippen LogP contribution is -2.41. The predicted molar refractivity (Wildman–Crippen MR) is 80.3 cm³/mol. The van der Waals surface area contributed by atoms with Crippen molar-refractivity contribution in [3.05, 3.63) is 27.8 Å². The van der Waals surface area contributed by atoms with Crippen LogP contribution in [0.15, 0.2) is 17.6 Å². The third-order valence-electron chi connectivity index (χ3n) is 3.71. The first kappa shape index (κ1) is 14.7. The van der Waals surface area contributed by atoms with Gasteiger partial charge >= 0.3 is 5.69 Å². The molecule has 20 heavy (non-hydrogen) atoms. The molecule has 0 aliphatic rings. The lowest BCUT2D eigenvalue weighted by atomic mass is 9.93. The maximum absolute atomic E-state index is 11.4. The number of nitro groups is 1. The van der Waals surface area contributed by atoms with Gasteiger partial charge in [0, 0.05) is 0 Å².